The molecule has 0 spiro atoms. The van der Waals surface area contributed by atoms with Crippen molar-refractivity contribution in [2.24, 2.45) is 0 Å². The van der Waals surface area contributed by atoms with Crippen molar-refractivity contribution < 1.29 is 0 Å². The fourth-order valence-electron chi connectivity index (χ4n) is 7.52. The van der Waals surface area contributed by atoms with Crippen LogP contribution >= 0.6 is 0 Å². The van der Waals surface area contributed by atoms with Gasteiger partial charge in [0.1, 0.15) is 5.82 Å². The van der Waals surface area contributed by atoms with E-state index in [4.69, 9.17) is 29.9 Å². The van der Waals surface area contributed by atoms with Gasteiger partial charge < -0.3 is 0 Å². The van der Waals surface area contributed by atoms with Crippen molar-refractivity contribution in [3.8, 4) is 79.2 Å². The zero-order chi connectivity index (χ0) is 38.7. The second-order valence-electron chi connectivity index (χ2n) is 14.3. The Labute approximate surface area is 337 Å². The summed E-state index contributed by atoms with van der Waals surface area (Å²) in [6, 6.07) is 60.4. The van der Waals surface area contributed by atoms with Gasteiger partial charge in [0.05, 0.1) is 0 Å². The summed E-state index contributed by atoms with van der Waals surface area (Å²) in [5, 5.41) is 2.36. The zero-order valence-corrected chi connectivity index (χ0v) is 31.5. The third-order valence-electron chi connectivity index (χ3n) is 10.5. The van der Waals surface area contributed by atoms with Gasteiger partial charge in [0.25, 0.3) is 0 Å². The maximum atomic E-state index is 4.99. The van der Waals surface area contributed by atoms with E-state index in [0.717, 1.165) is 62.3 Å². The molecule has 10 rings (SSSR count). The largest absolute Gasteiger partial charge is 0.212 e. The number of allylic oxidation sites excluding steroid dienone is 4. The average Bonchev–Trinajstić information content (AvgIpc) is 3.32. The number of fused-ring (bicyclic) bond motifs is 1. The van der Waals surface area contributed by atoms with Crippen molar-refractivity contribution in [2.45, 2.75) is 12.3 Å². The molecule has 0 amide bonds. The van der Waals surface area contributed by atoms with Gasteiger partial charge in [0, 0.05) is 33.7 Å². The van der Waals surface area contributed by atoms with Crippen LogP contribution in [0.1, 0.15) is 18.2 Å². The Morgan fingerprint density at radius 1 is 0.310 bits per heavy atom. The summed E-state index contributed by atoms with van der Waals surface area (Å²) in [5.41, 5.74) is 9.30. The molecule has 58 heavy (non-hydrogen) atoms. The third-order valence-corrected chi connectivity index (χ3v) is 10.5. The summed E-state index contributed by atoms with van der Waals surface area (Å²) in [4.78, 5) is 29.6. The van der Waals surface area contributed by atoms with E-state index >= 15 is 0 Å². The molecule has 2 aromatic heterocycles. The van der Waals surface area contributed by atoms with Gasteiger partial charge in [0.15, 0.2) is 29.1 Å². The molecule has 6 heteroatoms. The summed E-state index contributed by atoms with van der Waals surface area (Å²) in [7, 11) is 0. The Morgan fingerprint density at radius 3 is 1.05 bits per heavy atom. The lowest BCUT2D eigenvalue weighted by Crippen LogP contribution is -2.07. The van der Waals surface area contributed by atoms with Gasteiger partial charge in [0.2, 0.25) is 0 Å². The fourth-order valence-corrected chi connectivity index (χ4v) is 7.52. The number of nitrogens with zero attached hydrogens (tertiary/aromatic N) is 6. The third kappa shape index (κ3) is 6.99. The Balaban J connectivity index is 0.975. The molecule has 6 nitrogen and oxygen atoms in total. The summed E-state index contributed by atoms with van der Waals surface area (Å²) in [6.45, 7) is 0. The predicted molar refractivity (Wildman–Crippen MR) is 234 cm³/mol. The molecule has 0 saturated heterocycles. The smallest absolute Gasteiger partial charge is 0.164 e. The van der Waals surface area contributed by atoms with Crippen molar-refractivity contribution in [3.05, 3.63) is 206 Å². The van der Waals surface area contributed by atoms with E-state index in [-0.39, 0.29) is 5.92 Å². The van der Waals surface area contributed by atoms with Crippen LogP contribution in [0.2, 0.25) is 0 Å². The monoisotopic (exact) mass is 744 g/mol. The van der Waals surface area contributed by atoms with Crippen LogP contribution in [0.4, 0.5) is 0 Å². The first kappa shape index (κ1) is 34.8. The van der Waals surface area contributed by atoms with Gasteiger partial charge in [-0.25, -0.2) is 29.9 Å². The minimum absolute atomic E-state index is 0.110. The molecule has 1 aliphatic carbocycles. The molecule has 7 aromatic carbocycles. The van der Waals surface area contributed by atoms with E-state index in [1.54, 1.807) is 0 Å². The number of aromatic nitrogens is 6. The molecule has 0 bridgehead atoms. The summed E-state index contributed by atoms with van der Waals surface area (Å²) in [5.74, 6) is 4.18. The Bertz CT molecular complexity index is 2890. The molecular formula is C52H36N6. The highest BCUT2D eigenvalue weighted by Crippen LogP contribution is 2.37. The van der Waals surface area contributed by atoms with E-state index in [9.17, 15) is 0 Å². The standard InChI is InChI=1S/C52H36N6/c1-5-15-37(16-6-1)47-53-48(38-17-7-2-8-18-38)56-51(55-47)41-31-27-35(28-32-41)43-23-13-26-46-44(24-14-25-45(43)46)36-29-33-42(34-30-36)52-57-49(39-19-9-3-10-20-39)54-50(58-52)40-21-11-4-12-22-40/h1-21,23-34,40H,22H2. The maximum absolute atomic E-state index is 4.99. The molecular weight excluding hydrogens is 709 g/mol. The van der Waals surface area contributed by atoms with Gasteiger partial charge in [-0.3, -0.25) is 0 Å². The van der Waals surface area contributed by atoms with Crippen LogP contribution in [0.15, 0.2) is 200 Å². The first-order chi connectivity index (χ1) is 28.7. The van der Waals surface area contributed by atoms with Crippen molar-refractivity contribution in [3.63, 3.8) is 0 Å². The first-order valence-corrected chi connectivity index (χ1v) is 19.5. The fraction of sp³-hybridized carbons (Fsp3) is 0.0385. The number of benzene rings is 7. The lowest BCUT2D eigenvalue weighted by Gasteiger charge is -2.15. The Morgan fingerprint density at radius 2 is 0.672 bits per heavy atom. The second kappa shape index (κ2) is 15.4. The van der Waals surface area contributed by atoms with Crippen molar-refractivity contribution in [2.75, 3.05) is 0 Å². The molecule has 1 unspecified atom stereocenters. The van der Waals surface area contributed by atoms with Gasteiger partial charge in [-0.2, -0.15) is 0 Å². The van der Waals surface area contributed by atoms with Crippen LogP contribution in [-0.4, -0.2) is 29.9 Å². The molecule has 0 radical (unpaired) electrons. The van der Waals surface area contributed by atoms with E-state index in [2.05, 4.69) is 109 Å². The van der Waals surface area contributed by atoms with E-state index in [0.29, 0.717) is 29.1 Å². The van der Waals surface area contributed by atoms with Crippen LogP contribution in [0.5, 0.6) is 0 Å². The first-order valence-electron chi connectivity index (χ1n) is 19.5. The summed E-state index contributed by atoms with van der Waals surface area (Å²) >= 11 is 0. The molecule has 9 aromatic rings. The molecule has 0 fully saturated rings. The lowest BCUT2D eigenvalue weighted by atomic mass is 9.92. The van der Waals surface area contributed by atoms with Crippen molar-refractivity contribution in [1.29, 1.82) is 0 Å². The molecule has 1 atom stereocenters. The molecule has 1 aliphatic rings. The molecule has 0 saturated carbocycles. The maximum Gasteiger partial charge on any atom is 0.164 e. The van der Waals surface area contributed by atoms with Crippen LogP contribution in [0.25, 0.3) is 90.0 Å². The van der Waals surface area contributed by atoms with Crippen LogP contribution < -0.4 is 0 Å². The molecule has 2 heterocycles. The van der Waals surface area contributed by atoms with Gasteiger partial charge in [-0.1, -0.05) is 200 Å². The zero-order valence-electron chi connectivity index (χ0n) is 31.5. The molecule has 0 aliphatic heterocycles. The molecule has 0 N–H and O–H groups in total. The van der Waals surface area contributed by atoms with E-state index in [1.165, 1.54) is 10.8 Å². The van der Waals surface area contributed by atoms with E-state index in [1.807, 2.05) is 91.0 Å². The average molecular weight is 745 g/mol. The SMILES string of the molecule is C1=CCC(c2nc(-c3ccccc3)nc(-c3ccc(-c4cccc5c(-c6ccc(-c7nc(-c8ccccc8)nc(-c8ccccc8)n7)cc6)cccc45)cc3)n2)C=C1. The Kier molecular flexibility index (Phi) is 9.26. The highest BCUT2D eigenvalue weighted by molar-refractivity contribution is 6.04. The van der Waals surface area contributed by atoms with Crippen LogP contribution in [0, 0.1) is 0 Å². The normalized spacial score (nSPS) is 13.5. The highest BCUT2D eigenvalue weighted by atomic mass is 15.0. The van der Waals surface area contributed by atoms with Gasteiger partial charge in [-0.15, -0.1) is 0 Å². The predicted octanol–water partition coefficient (Wildman–Crippen LogP) is 12.5. The highest BCUT2D eigenvalue weighted by Gasteiger charge is 2.18. The number of hydrogen-bond donors (Lipinski definition) is 0. The van der Waals surface area contributed by atoms with E-state index < -0.39 is 0 Å². The minimum atomic E-state index is 0.110. The molecule has 274 valence electrons. The van der Waals surface area contributed by atoms with Crippen LogP contribution in [-0.2, 0) is 0 Å². The van der Waals surface area contributed by atoms with Gasteiger partial charge >= 0.3 is 0 Å². The second-order valence-corrected chi connectivity index (χ2v) is 14.3. The minimum Gasteiger partial charge on any atom is -0.212 e. The summed E-state index contributed by atoms with van der Waals surface area (Å²) in [6.07, 6.45) is 9.34. The lowest BCUT2D eigenvalue weighted by molar-refractivity contribution is 0.764. The number of hydrogen-bond acceptors (Lipinski definition) is 6. The van der Waals surface area contributed by atoms with Crippen LogP contribution in [0.3, 0.4) is 0 Å². The number of rotatable bonds is 8. The van der Waals surface area contributed by atoms with Crippen molar-refractivity contribution in [1.82, 2.24) is 29.9 Å². The quantitative estimate of drug-likeness (QED) is 0.154. The Hall–Kier alpha value is -7.70. The van der Waals surface area contributed by atoms with Gasteiger partial charge in [-0.05, 0) is 39.4 Å². The summed E-state index contributed by atoms with van der Waals surface area (Å²) < 4.78 is 0. The van der Waals surface area contributed by atoms with Crippen molar-refractivity contribution >= 4 is 10.8 Å². The topological polar surface area (TPSA) is 77.3 Å².